The van der Waals surface area contributed by atoms with Crippen molar-refractivity contribution >= 4 is 17.0 Å². The molecular weight excluding hydrogens is 372 g/mol. The first-order chi connectivity index (χ1) is 14.1. The van der Waals surface area contributed by atoms with Gasteiger partial charge in [-0.15, -0.1) is 0 Å². The highest BCUT2D eigenvalue weighted by molar-refractivity contribution is 5.83. The summed E-state index contributed by atoms with van der Waals surface area (Å²) in [7, 11) is 0. The van der Waals surface area contributed by atoms with Gasteiger partial charge in [-0.2, -0.15) is 0 Å². The second-order valence-corrected chi connectivity index (χ2v) is 9.00. The number of nitrogens with zero attached hydrogens (tertiary/aromatic N) is 6. The minimum Gasteiger partial charge on any atom is -0.396 e. The molecule has 0 radical (unpaired) electrons. The van der Waals surface area contributed by atoms with Crippen LogP contribution < -0.4 is 4.90 Å². The molecule has 0 bridgehead atoms. The van der Waals surface area contributed by atoms with E-state index >= 15 is 0 Å². The third-order valence-electron chi connectivity index (χ3n) is 7.13. The highest BCUT2D eigenvalue weighted by atomic mass is 16.5. The van der Waals surface area contributed by atoms with Crippen LogP contribution in [0.4, 0.5) is 5.82 Å². The molecule has 0 amide bonds. The van der Waals surface area contributed by atoms with Crippen molar-refractivity contribution in [3.8, 4) is 0 Å². The number of aliphatic hydroxyl groups is 2. The van der Waals surface area contributed by atoms with Crippen LogP contribution in [0.1, 0.15) is 25.8 Å². The molecule has 158 valence electrons. The monoisotopic (exact) mass is 402 g/mol. The van der Waals surface area contributed by atoms with Crippen LogP contribution >= 0.6 is 0 Å². The number of fused-ring (bicyclic) bond motifs is 1. The Balaban J connectivity index is 1.37. The fraction of sp³-hybridized carbons (Fsp3) is 0.750. The number of aliphatic hydroxyl groups excluding tert-OH is 2. The van der Waals surface area contributed by atoms with Gasteiger partial charge in [0.25, 0.3) is 0 Å². The second-order valence-electron chi connectivity index (χ2n) is 9.00. The van der Waals surface area contributed by atoms with Crippen LogP contribution in [0.15, 0.2) is 12.7 Å². The number of imidazole rings is 1. The molecule has 29 heavy (non-hydrogen) atoms. The number of rotatable bonds is 5. The van der Waals surface area contributed by atoms with E-state index in [1.54, 1.807) is 6.33 Å². The molecule has 0 spiro atoms. The molecule has 2 aromatic rings. The first-order valence-electron chi connectivity index (χ1n) is 10.6. The standard InChI is InChI=1S/C20H30N6O3/c1-14-8-25(9-16(14)24-2-4-29-5-3-24)18-17-19(22-12-21-18)26(13-23-17)15-6-20(7-15,10-27)11-28/h12-16,27-28H,2-11H2,1H3. The SMILES string of the molecule is CC1CN(c2ncnc3c2ncn3C2CC(CO)(CO)C2)CC1N1CCOCC1. The zero-order valence-electron chi connectivity index (χ0n) is 16.9. The van der Waals surface area contributed by atoms with E-state index in [9.17, 15) is 10.2 Å². The van der Waals surface area contributed by atoms with Gasteiger partial charge in [-0.25, -0.2) is 15.0 Å². The van der Waals surface area contributed by atoms with Gasteiger partial charge in [0.05, 0.1) is 32.8 Å². The quantitative estimate of drug-likeness (QED) is 0.736. The largest absolute Gasteiger partial charge is 0.396 e. The van der Waals surface area contributed by atoms with Gasteiger partial charge < -0.3 is 24.4 Å². The molecule has 2 aromatic heterocycles. The molecule has 5 rings (SSSR count). The summed E-state index contributed by atoms with van der Waals surface area (Å²) in [5.41, 5.74) is 1.31. The summed E-state index contributed by atoms with van der Waals surface area (Å²) < 4.78 is 7.60. The molecule has 3 fully saturated rings. The van der Waals surface area contributed by atoms with Crippen LogP contribution in [-0.2, 0) is 4.74 Å². The van der Waals surface area contributed by atoms with Crippen molar-refractivity contribution in [2.75, 3.05) is 57.5 Å². The van der Waals surface area contributed by atoms with E-state index in [-0.39, 0.29) is 24.7 Å². The van der Waals surface area contributed by atoms with E-state index in [2.05, 4.69) is 36.2 Å². The summed E-state index contributed by atoms with van der Waals surface area (Å²) in [6.45, 7) is 7.87. The lowest BCUT2D eigenvalue weighted by molar-refractivity contribution is -0.0421. The Morgan fingerprint density at radius 1 is 1.10 bits per heavy atom. The van der Waals surface area contributed by atoms with Crippen molar-refractivity contribution < 1.29 is 14.9 Å². The molecule has 1 aliphatic carbocycles. The van der Waals surface area contributed by atoms with Crippen LogP contribution in [0, 0.1) is 11.3 Å². The van der Waals surface area contributed by atoms with Gasteiger partial charge in [0.1, 0.15) is 6.33 Å². The Hall–Kier alpha value is -1.81. The lowest BCUT2D eigenvalue weighted by Gasteiger charge is -2.45. The van der Waals surface area contributed by atoms with E-state index in [1.165, 1.54) is 0 Å². The van der Waals surface area contributed by atoms with Crippen molar-refractivity contribution in [2.45, 2.75) is 31.8 Å². The summed E-state index contributed by atoms with van der Waals surface area (Å²) >= 11 is 0. The zero-order chi connectivity index (χ0) is 20.0. The van der Waals surface area contributed by atoms with Crippen LogP contribution in [0.25, 0.3) is 11.2 Å². The number of morpholine rings is 1. The average Bonchev–Trinajstić information content (AvgIpc) is 3.32. The lowest BCUT2D eigenvalue weighted by atomic mass is 9.66. The number of hydrogen-bond donors (Lipinski definition) is 2. The molecule has 2 atom stereocenters. The van der Waals surface area contributed by atoms with Gasteiger partial charge in [0, 0.05) is 43.7 Å². The summed E-state index contributed by atoms with van der Waals surface area (Å²) in [5.74, 6) is 1.47. The van der Waals surface area contributed by atoms with Gasteiger partial charge in [0.2, 0.25) is 0 Å². The Bertz CT molecular complexity index is 855. The molecule has 9 nitrogen and oxygen atoms in total. The molecule has 9 heteroatoms. The Morgan fingerprint density at radius 2 is 1.86 bits per heavy atom. The fourth-order valence-corrected chi connectivity index (χ4v) is 5.29. The lowest BCUT2D eigenvalue weighted by Crippen LogP contribution is -2.46. The van der Waals surface area contributed by atoms with Crippen LogP contribution in [-0.4, -0.2) is 93.3 Å². The van der Waals surface area contributed by atoms with Crippen molar-refractivity contribution in [3.63, 3.8) is 0 Å². The van der Waals surface area contributed by atoms with E-state index in [0.29, 0.717) is 12.0 Å². The highest BCUT2D eigenvalue weighted by Crippen LogP contribution is 2.48. The molecular formula is C20H30N6O3. The van der Waals surface area contributed by atoms with Crippen molar-refractivity contribution in [1.82, 2.24) is 24.4 Å². The van der Waals surface area contributed by atoms with Crippen molar-refractivity contribution in [2.24, 2.45) is 11.3 Å². The number of hydrogen-bond acceptors (Lipinski definition) is 8. The Kier molecular flexibility index (Phi) is 4.93. The van der Waals surface area contributed by atoms with Crippen molar-refractivity contribution in [3.05, 3.63) is 12.7 Å². The average molecular weight is 402 g/mol. The second kappa shape index (κ2) is 7.46. The maximum atomic E-state index is 9.58. The van der Waals surface area contributed by atoms with E-state index in [1.807, 2.05) is 6.33 Å². The molecule has 2 saturated heterocycles. The smallest absolute Gasteiger partial charge is 0.165 e. The van der Waals surface area contributed by atoms with E-state index < -0.39 is 0 Å². The molecule has 2 unspecified atom stereocenters. The Morgan fingerprint density at radius 3 is 2.59 bits per heavy atom. The number of anilines is 1. The van der Waals surface area contributed by atoms with E-state index in [4.69, 9.17) is 4.74 Å². The first kappa shape index (κ1) is 19.2. The third kappa shape index (κ3) is 3.20. The van der Waals surface area contributed by atoms with Crippen LogP contribution in [0.5, 0.6) is 0 Å². The Labute approximate surface area is 170 Å². The summed E-state index contributed by atoms with van der Waals surface area (Å²) in [6.07, 6.45) is 4.95. The van der Waals surface area contributed by atoms with Crippen molar-refractivity contribution in [1.29, 1.82) is 0 Å². The molecule has 2 aliphatic heterocycles. The zero-order valence-corrected chi connectivity index (χ0v) is 16.9. The van der Waals surface area contributed by atoms with Crippen LogP contribution in [0.3, 0.4) is 0 Å². The predicted octanol–water partition coefficient (Wildman–Crippen LogP) is 0.289. The summed E-state index contributed by atoms with van der Waals surface area (Å²) in [5, 5.41) is 19.2. The third-order valence-corrected chi connectivity index (χ3v) is 7.13. The molecule has 0 aromatic carbocycles. The van der Waals surface area contributed by atoms with Gasteiger partial charge in [0.15, 0.2) is 17.0 Å². The minimum atomic E-state index is -0.368. The van der Waals surface area contributed by atoms with Gasteiger partial charge >= 0.3 is 0 Å². The predicted molar refractivity (Wildman–Crippen MR) is 108 cm³/mol. The normalized spacial score (nSPS) is 28.2. The molecule has 2 N–H and O–H groups in total. The number of aromatic nitrogens is 4. The van der Waals surface area contributed by atoms with Gasteiger partial charge in [-0.3, -0.25) is 4.90 Å². The van der Waals surface area contributed by atoms with E-state index in [0.717, 1.165) is 69.2 Å². The summed E-state index contributed by atoms with van der Waals surface area (Å²) in [4.78, 5) is 18.7. The van der Waals surface area contributed by atoms with Gasteiger partial charge in [-0.05, 0) is 18.8 Å². The number of ether oxygens (including phenoxy) is 1. The maximum absolute atomic E-state index is 9.58. The first-order valence-corrected chi connectivity index (χ1v) is 10.6. The van der Waals surface area contributed by atoms with Crippen LogP contribution in [0.2, 0.25) is 0 Å². The summed E-state index contributed by atoms with van der Waals surface area (Å²) in [6, 6.07) is 0.716. The molecule has 3 aliphatic rings. The molecule has 4 heterocycles. The molecule has 1 saturated carbocycles. The van der Waals surface area contributed by atoms with Gasteiger partial charge in [-0.1, -0.05) is 6.92 Å². The highest BCUT2D eigenvalue weighted by Gasteiger charge is 2.45. The minimum absolute atomic E-state index is 0.0153. The fourth-order valence-electron chi connectivity index (χ4n) is 5.29. The maximum Gasteiger partial charge on any atom is 0.165 e. The topological polar surface area (TPSA) is 99.8 Å².